The SMILES string of the molecule is Cc1cn([C@H]2C[C@H](O)[C@](CO)(CNC(=O)C(N)CC(C)C)O2)c(=O)[nH]c1=O. The molecule has 1 fully saturated rings. The first-order valence-corrected chi connectivity index (χ1v) is 8.91. The maximum Gasteiger partial charge on any atom is 0.330 e. The van der Waals surface area contributed by atoms with E-state index in [1.165, 1.54) is 13.1 Å². The highest BCUT2D eigenvalue weighted by atomic mass is 16.6. The van der Waals surface area contributed by atoms with Gasteiger partial charge in [-0.1, -0.05) is 13.8 Å². The van der Waals surface area contributed by atoms with E-state index in [0.717, 1.165) is 4.57 Å². The first kappa shape index (κ1) is 21.3. The molecule has 0 aliphatic carbocycles. The summed E-state index contributed by atoms with van der Waals surface area (Å²) in [7, 11) is 0. The number of H-pyrrole nitrogens is 1. The molecule has 0 radical (unpaired) electrons. The van der Waals surface area contributed by atoms with Crippen LogP contribution in [-0.2, 0) is 9.53 Å². The summed E-state index contributed by atoms with van der Waals surface area (Å²) in [4.78, 5) is 37.9. The molecule has 27 heavy (non-hydrogen) atoms. The van der Waals surface area contributed by atoms with Gasteiger partial charge in [0, 0.05) is 18.2 Å². The highest BCUT2D eigenvalue weighted by Crippen LogP contribution is 2.35. The van der Waals surface area contributed by atoms with Crippen LogP contribution in [0.25, 0.3) is 0 Å². The minimum Gasteiger partial charge on any atom is -0.393 e. The first-order valence-electron chi connectivity index (χ1n) is 8.91. The molecule has 1 aliphatic heterocycles. The van der Waals surface area contributed by atoms with E-state index in [1.54, 1.807) is 0 Å². The van der Waals surface area contributed by atoms with Crippen LogP contribution in [0.3, 0.4) is 0 Å². The number of hydrogen-bond acceptors (Lipinski definition) is 7. The Labute approximate surface area is 156 Å². The molecule has 1 aliphatic rings. The van der Waals surface area contributed by atoms with Crippen LogP contribution in [0.4, 0.5) is 0 Å². The lowest BCUT2D eigenvalue weighted by Crippen LogP contribution is -2.54. The van der Waals surface area contributed by atoms with Crippen LogP contribution in [0.5, 0.6) is 0 Å². The second-order valence-electron chi connectivity index (χ2n) is 7.48. The number of ether oxygens (including phenoxy) is 1. The summed E-state index contributed by atoms with van der Waals surface area (Å²) in [5.41, 5.74) is 3.48. The molecule has 10 nitrogen and oxygen atoms in total. The molecule has 0 saturated carbocycles. The van der Waals surface area contributed by atoms with E-state index < -0.39 is 47.7 Å². The number of carbonyl (C=O) groups is 1. The van der Waals surface area contributed by atoms with Gasteiger partial charge >= 0.3 is 5.69 Å². The van der Waals surface area contributed by atoms with Gasteiger partial charge in [0.05, 0.1) is 25.3 Å². The summed E-state index contributed by atoms with van der Waals surface area (Å²) in [6.45, 7) is 4.70. The van der Waals surface area contributed by atoms with Crippen LogP contribution in [0, 0.1) is 12.8 Å². The number of nitrogens with two attached hydrogens (primary N) is 1. The lowest BCUT2D eigenvalue weighted by atomic mass is 9.97. The second kappa shape index (κ2) is 8.34. The number of rotatable bonds is 7. The largest absolute Gasteiger partial charge is 0.393 e. The molecule has 1 saturated heterocycles. The van der Waals surface area contributed by atoms with Crippen molar-refractivity contribution in [3.63, 3.8) is 0 Å². The van der Waals surface area contributed by atoms with Crippen LogP contribution in [-0.4, -0.2) is 56.6 Å². The molecule has 6 N–H and O–H groups in total. The number of aliphatic hydroxyl groups is 2. The fourth-order valence-electron chi connectivity index (χ4n) is 3.11. The molecule has 2 heterocycles. The number of aromatic nitrogens is 2. The van der Waals surface area contributed by atoms with Crippen molar-refractivity contribution in [1.82, 2.24) is 14.9 Å². The van der Waals surface area contributed by atoms with Gasteiger partial charge in [0.15, 0.2) is 0 Å². The van der Waals surface area contributed by atoms with Gasteiger partial charge < -0.3 is 26.0 Å². The highest BCUT2D eigenvalue weighted by Gasteiger charge is 2.49. The molecule has 0 spiro atoms. The Morgan fingerprint density at radius 3 is 2.78 bits per heavy atom. The van der Waals surface area contributed by atoms with Crippen molar-refractivity contribution >= 4 is 5.91 Å². The van der Waals surface area contributed by atoms with E-state index in [9.17, 15) is 24.6 Å². The molecule has 10 heteroatoms. The Kier molecular flexibility index (Phi) is 6.58. The van der Waals surface area contributed by atoms with Gasteiger partial charge in [-0.25, -0.2) is 4.79 Å². The molecule has 0 bridgehead atoms. The van der Waals surface area contributed by atoms with Gasteiger partial charge in [-0.05, 0) is 19.3 Å². The third-order valence-electron chi connectivity index (χ3n) is 4.75. The Morgan fingerprint density at radius 2 is 2.19 bits per heavy atom. The topological polar surface area (TPSA) is 160 Å². The van der Waals surface area contributed by atoms with Gasteiger partial charge in [0.2, 0.25) is 5.91 Å². The molecule has 1 aromatic heterocycles. The average Bonchev–Trinajstić information content (AvgIpc) is 2.92. The molecule has 1 unspecified atom stereocenters. The number of nitrogens with one attached hydrogen (secondary N) is 2. The Balaban J connectivity index is 2.14. The lowest BCUT2D eigenvalue weighted by Gasteiger charge is -2.31. The zero-order chi connectivity index (χ0) is 20.4. The summed E-state index contributed by atoms with van der Waals surface area (Å²) in [5.74, 6) is -0.168. The summed E-state index contributed by atoms with van der Waals surface area (Å²) in [5, 5.41) is 22.8. The third kappa shape index (κ3) is 4.64. The molecule has 1 aromatic rings. The minimum atomic E-state index is -1.47. The van der Waals surface area contributed by atoms with Gasteiger partial charge in [-0.3, -0.25) is 19.1 Å². The smallest absolute Gasteiger partial charge is 0.330 e. The van der Waals surface area contributed by atoms with Crippen molar-refractivity contribution in [2.45, 2.75) is 57.6 Å². The zero-order valence-electron chi connectivity index (χ0n) is 15.8. The Hall–Kier alpha value is -2.01. The van der Waals surface area contributed by atoms with Crippen molar-refractivity contribution in [1.29, 1.82) is 0 Å². The van der Waals surface area contributed by atoms with Crippen molar-refractivity contribution in [3.8, 4) is 0 Å². The van der Waals surface area contributed by atoms with E-state index in [4.69, 9.17) is 10.5 Å². The van der Waals surface area contributed by atoms with Crippen molar-refractivity contribution in [2.75, 3.05) is 13.2 Å². The number of aliphatic hydroxyl groups excluding tert-OH is 2. The molecule has 2 rings (SSSR count). The maximum absolute atomic E-state index is 12.1. The van der Waals surface area contributed by atoms with E-state index in [-0.39, 0.29) is 18.9 Å². The van der Waals surface area contributed by atoms with Gasteiger partial charge in [-0.15, -0.1) is 0 Å². The van der Waals surface area contributed by atoms with Gasteiger partial charge in [-0.2, -0.15) is 0 Å². The van der Waals surface area contributed by atoms with E-state index in [1.807, 2.05) is 13.8 Å². The van der Waals surface area contributed by atoms with Crippen molar-refractivity contribution in [2.24, 2.45) is 11.7 Å². The molecular weight excluding hydrogens is 356 g/mol. The Bertz CT molecular complexity index is 788. The standard InChI is InChI=1S/C17H28N4O6/c1-9(2)4-11(18)15(25)19-7-17(8-22)12(23)5-13(27-17)21-6-10(3)14(24)20-16(21)26/h6,9,11-13,22-23H,4-5,7-8,18H2,1-3H3,(H,19,25)(H,20,24,26)/t11?,12-,13+,17+/m0/s1. The maximum atomic E-state index is 12.1. The summed E-state index contributed by atoms with van der Waals surface area (Å²) in [6, 6.07) is -0.709. The third-order valence-corrected chi connectivity index (χ3v) is 4.75. The van der Waals surface area contributed by atoms with E-state index >= 15 is 0 Å². The van der Waals surface area contributed by atoms with Crippen molar-refractivity contribution in [3.05, 3.63) is 32.6 Å². The fourth-order valence-corrected chi connectivity index (χ4v) is 3.11. The number of aromatic amines is 1. The quantitative estimate of drug-likeness (QED) is 0.376. The number of amides is 1. The van der Waals surface area contributed by atoms with E-state index in [2.05, 4.69) is 10.3 Å². The lowest BCUT2D eigenvalue weighted by molar-refractivity contribution is -0.136. The first-order chi connectivity index (χ1) is 12.6. The predicted molar refractivity (Wildman–Crippen MR) is 97.1 cm³/mol. The van der Waals surface area contributed by atoms with Crippen LogP contribution in [0.2, 0.25) is 0 Å². The van der Waals surface area contributed by atoms with Gasteiger partial charge in [0.25, 0.3) is 5.56 Å². The van der Waals surface area contributed by atoms with Crippen molar-refractivity contribution < 1.29 is 19.7 Å². The number of nitrogens with zero attached hydrogens (tertiary/aromatic N) is 1. The molecule has 152 valence electrons. The zero-order valence-corrected chi connectivity index (χ0v) is 15.8. The van der Waals surface area contributed by atoms with Gasteiger partial charge in [0.1, 0.15) is 11.8 Å². The molecular formula is C17H28N4O6. The summed E-state index contributed by atoms with van der Waals surface area (Å²) in [6.07, 6.45) is -0.177. The monoisotopic (exact) mass is 384 g/mol. The van der Waals surface area contributed by atoms with E-state index in [0.29, 0.717) is 12.0 Å². The normalized spacial score (nSPS) is 26.3. The average molecular weight is 384 g/mol. The number of aryl methyl sites for hydroxylation is 1. The minimum absolute atomic E-state index is 0.0138. The Morgan fingerprint density at radius 1 is 1.52 bits per heavy atom. The molecule has 0 aromatic carbocycles. The molecule has 1 amide bonds. The second-order valence-corrected chi connectivity index (χ2v) is 7.48. The highest BCUT2D eigenvalue weighted by molar-refractivity contribution is 5.81. The van der Waals surface area contributed by atoms with Crippen LogP contribution < -0.4 is 22.3 Å². The van der Waals surface area contributed by atoms with Crippen LogP contribution >= 0.6 is 0 Å². The van der Waals surface area contributed by atoms with Crippen LogP contribution in [0.15, 0.2) is 15.8 Å². The summed E-state index contributed by atoms with van der Waals surface area (Å²) < 4.78 is 6.93. The number of carbonyl (C=O) groups excluding carboxylic acids is 1. The van der Waals surface area contributed by atoms with Crippen LogP contribution in [0.1, 0.15) is 38.5 Å². The molecule has 4 atom stereocenters. The summed E-state index contributed by atoms with van der Waals surface area (Å²) >= 11 is 0. The fraction of sp³-hybridized carbons (Fsp3) is 0.706. The predicted octanol–water partition coefficient (Wildman–Crippen LogP) is -1.65. The number of hydrogen-bond donors (Lipinski definition) is 5.